The van der Waals surface area contributed by atoms with Crippen LogP contribution in [0.4, 0.5) is 30.7 Å². The molecule has 6 rings (SSSR count). The van der Waals surface area contributed by atoms with E-state index in [4.69, 9.17) is 14.6 Å². The van der Waals surface area contributed by atoms with Crippen molar-refractivity contribution in [2.24, 2.45) is 0 Å². The monoisotopic (exact) mass is 779 g/mol. The van der Waals surface area contributed by atoms with Gasteiger partial charge in [-0.25, -0.2) is 4.39 Å². The number of aliphatic carboxylic acids is 1. The van der Waals surface area contributed by atoms with Crippen LogP contribution < -0.4 is 0 Å². The van der Waals surface area contributed by atoms with Crippen LogP contribution in [-0.2, 0) is 48.9 Å². The molecule has 2 amide bonds. The number of carbonyl (C=O) groups is 3. The number of hydrogen-bond donors (Lipinski definition) is 1. The van der Waals surface area contributed by atoms with Gasteiger partial charge in [0.15, 0.2) is 0 Å². The van der Waals surface area contributed by atoms with Gasteiger partial charge in [0.05, 0.1) is 30.2 Å². The molecule has 1 aliphatic carbocycles. The van der Waals surface area contributed by atoms with E-state index in [1.165, 1.54) is 36.2 Å². The summed E-state index contributed by atoms with van der Waals surface area (Å²) in [6.07, 6.45) is -8.55. The summed E-state index contributed by atoms with van der Waals surface area (Å²) in [7, 11) is 1.53. The first kappa shape index (κ1) is 40.1. The fraction of sp³-hybridized carbons (Fsp3) is 0.462. The molecule has 2 atom stereocenters. The topological polar surface area (TPSA) is 99.6 Å². The van der Waals surface area contributed by atoms with Gasteiger partial charge >= 0.3 is 18.3 Å². The molecule has 3 aromatic carbocycles. The second kappa shape index (κ2) is 15.5. The zero-order valence-corrected chi connectivity index (χ0v) is 29.9. The Labute approximate surface area is 312 Å². The van der Waals surface area contributed by atoms with E-state index in [2.05, 4.69) is 11.0 Å². The Morgan fingerprint density at radius 1 is 0.945 bits per heavy atom. The minimum absolute atomic E-state index is 0.0371. The minimum Gasteiger partial charge on any atom is -0.481 e. The van der Waals surface area contributed by atoms with E-state index in [9.17, 15) is 45.1 Å². The van der Waals surface area contributed by atoms with Crippen LogP contribution in [0.2, 0.25) is 0 Å². The maximum Gasteiger partial charge on any atom is 0.416 e. The highest BCUT2D eigenvalue weighted by Crippen LogP contribution is 2.48. The summed E-state index contributed by atoms with van der Waals surface area (Å²) < 4.78 is 108. The van der Waals surface area contributed by atoms with E-state index < -0.39 is 64.5 Å². The molecule has 1 spiro atoms. The van der Waals surface area contributed by atoms with Gasteiger partial charge < -0.3 is 29.3 Å². The first-order valence-corrected chi connectivity index (χ1v) is 17.8. The number of alkyl halides is 6. The Hall–Kier alpha value is -4.54. The summed E-state index contributed by atoms with van der Waals surface area (Å²) in [5.74, 6) is -2.94. The van der Waals surface area contributed by atoms with Crippen LogP contribution in [0, 0.1) is 5.82 Å². The van der Waals surface area contributed by atoms with Gasteiger partial charge in [-0.15, -0.1) is 0 Å². The number of carbonyl (C=O) groups excluding carboxylic acids is 2. The van der Waals surface area contributed by atoms with Crippen molar-refractivity contribution < 1.29 is 59.7 Å². The minimum atomic E-state index is -5.13. The average molecular weight is 780 g/mol. The fourth-order valence-corrected chi connectivity index (χ4v) is 7.96. The average Bonchev–Trinajstić information content (AvgIpc) is 3.72. The molecule has 2 heterocycles. The second-order valence-corrected chi connectivity index (χ2v) is 14.4. The Balaban J connectivity index is 1.17. The summed E-state index contributed by atoms with van der Waals surface area (Å²) in [5.41, 5.74) is -2.88. The Bertz CT molecular complexity index is 1860. The molecule has 2 saturated heterocycles. The molecule has 0 saturated carbocycles. The van der Waals surface area contributed by atoms with Crippen LogP contribution in [0.5, 0.6) is 0 Å². The van der Waals surface area contributed by atoms with E-state index in [-0.39, 0.29) is 50.6 Å². The SMILES string of the molecule is CN(CCC(=O)O)C(=O)CO[C@H]1Cc2ccccc2C12CCN(CC[C@@]1(c3ccc(F)cc3)CN(C(=O)c3cc(C(F)(F)F)cc(C(F)(F)F)c3)CO1)CC2. The van der Waals surface area contributed by atoms with Crippen molar-refractivity contribution >= 4 is 17.8 Å². The molecule has 296 valence electrons. The van der Waals surface area contributed by atoms with Crippen molar-refractivity contribution in [1.82, 2.24) is 14.7 Å². The van der Waals surface area contributed by atoms with Gasteiger partial charge in [0, 0.05) is 31.1 Å². The molecule has 3 aliphatic rings. The first-order chi connectivity index (χ1) is 25.9. The summed E-state index contributed by atoms with van der Waals surface area (Å²) in [6, 6.07) is 14.2. The van der Waals surface area contributed by atoms with Crippen molar-refractivity contribution in [2.75, 3.05) is 53.1 Å². The molecular formula is C39H40F7N3O6. The summed E-state index contributed by atoms with van der Waals surface area (Å²) in [4.78, 5) is 41.9. The number of carboxylic acid groups (broad SMARTS) is 1. The highest BCUT2D eigenvalue weighted by atomic mass is 19.4. The lowest BCUT2D eigenvalue weighted by Gasteiger charge is -2.44. The quantitative estimate of drug-likeness (QED) is 0.223. The van der Waals surface area contributed by atoms with Crippen molar-refractivity contribution in [2.45, 2.75) is 61.6 Å². The molecule has 16 heteroatoms. The number of benzene rings is 3. The van der Waals surface area contributed by atoms with Crippen LogP contribution >= 0.6 is 0 Å². The van der Waals surface area contributed by atoms with Gasteiger partial charge in [-0.05, 0) is 85.8 Å². The Morgan fingerprint density at radius 2 is 1.58 bits per heavy atom. The number of piperidine rings is 1. The predicted molar refractivity (Wildman–Crippen MR) is 183 cm³/mol. The standard InChI is InChI=1S/C39H40F7N3O6/c1-47(14-10-34(51)52)33(50)22-54-32-20-25-4-2-3-5-31(25)36(32)11-15-48(16-12-36)17-13-37(27-6-8-30(40)9-7-27)23-49(24-55-37)35(53)26-18-28(38(41,42)43)21-29(19-26)39(44,45)46/h2-9,18-19,21,32H,10-17,20,22-24H2,1H3,(H,51,52)/t32-,37-/m0/s1. The summed E-state index contributed by atoms with van der Waals surface area (Å²) in [6.45, 7) is 0.868. The van der Waals surface area contributed by atoms with Gasteiger partial charge in [-0.2, -0.15) is 26.3 Å². The molecule has 0 aromatic heterocycles. The third-order valence-corrected chi connectivity index (χ3v) is 11.1. The molecule has 2 aliphatic heterocycles. The lowest BCUT2D eigenvalue weighted by molar-refractivity contribution is -0.144. The van der Waals surface area contributed by atoms with Gasteiger partial charge in [0.2, 0.25) is 5.91 Å². The van der Waals surface area contributed by atoms with Crippen molar-refractivity contribution in [3.8, 4) is 0 Å². The lowest BCUT2D eigenvalue weighted by Crippen LogP contribution is -2.50. The number of carboxylic acids is 1. The second-order valence-electron chi connectivity index (χ2n) is 14.4. The maximum absolute atomic E-state index is 14.0. The fourth-order valence-electron chi connectivity index (χ4n) is 7.96. The maximum atomic E-state index is 14.0. The first-order valence-electron chi connectivity index (χ1n) is 17.8. The largest absolute Gasteiger partial charge is 0.481 e. The number of rotatable bonds is 11. The number of ether oxygens (including phenoxy) is 2. The normalized spacial score (nSPS) is 21.2. The number of amides is 2. The van der Waals surface area contributed by atoms with Crippen LogP contribution in [0.25, 0.3) is 0 Å². The third kappa shape index (κ3) is 8.65. The van der Waals surface area contributed by atoms with E-state index >= 15 is 0 Å². The van der Waals surface area contributed by atoms with Gasteiger partial charge in [-0.1, -0.05) is 36.4 Å². The number of likely N-dealkylation sites (tertiary alicyclic amines) is 1. The molecule has 3 aromatic rings. The van der Waals surface area contributed by atoms with Crippen molar-refractivity contribution in [1.29, 1.82) is 0 Å². The number of fused-ring (bicyclic) bond motifs is 2. The molecule has 9 nitrogen and oxygen atoms in total. The zero-order chi connectivity index (χ0) is 39.8. The predicted octanol–water partition coefficient (Wildman–Crippen LogP) is 6.49. The molecule has 55 heavy (non-hydrogen) atoms. The zero-order valence-electron chi connectivity index (χ0n) is 29.9. The highest BCUT2D eigenvalue weighted by molar-refractivity contribution is 5.95. The number of halogens is 7. The van der Waals surface area contributed by atoms with Crippen LogP contribution in [-0.4, -0.2) is 96.8 Å². The summed E-state index contributed by atoms with van der Waals surface area (Å²) >= 11 is 0. The lowest BCUT2D eigenvalue weighted by atomic mass is 9.72. The van der Waals surface area contributed by atoms with Crippen LogP contribution in [0.1, 0.15) is 63.9 Å². The molecule has 1 N–H and O–H groups in total. The van der Waals surface area contributed by atoms with Gasteiger partial charge in [-0.3, -0.25) is 14.4 Å². The number of hydrogen-bond acceptors (Lipinski definition) is 6. The van der Waals surface area contributed by atoms with Gasteiger partial charge in [0.1, 0.15) is 24.8 Å². The molecular weight excluding hydrogens is 739 g/mol. The van der Waals surface area contributed by atoms with Gasteiger partial charge in [0.25, 0.3) is 5.91 Å². The van der Waals surface area contributed by atoms with E-state index in [1.54, 1.807) is 0 Å². The highest BCUT2D eigenvalue weighted by Gasteiger charge is 2.50. The Morgan fingerprint density at radius 3 is 2.20 bits per heavy atom. The Kier molecular flexibility index (Phi) is 11.3. The van der Waals surface area contributed by atoms with Crippen molar-refractivity contribution in [3.63, 3.8) is 0 Å². The van der Waals surface area contributed by atoms with E-state index in [1.807, 2.05) is 18.2 Å². The van der Waals surface area contributed by atoms with Crippen molar-refractivity contribution in [3.05, 3.63) is 106 Å². The van der Waals surface area contributed by atoms with Crippen LogP contribution in [0.3, 0.4) is 0 Å². The molecule has 0 unspecified atom stereocenters. The molecule has 2 fully saturated rings. The molecule has 0 radical (unpaired) electrons. The molecule has 0 bridgehead atoms. The summed E-state index contributed by atoms with van der Waals surface area (Å²) in [5, 5.41) is 8.98. The van der Waals surface area contributed by atoms with Crippen LogP contribution in [0.15, 0.2) is 66.7 Å². The third-order valence-electron chi connectivity index (χ3n) is 11.1. The van der Waals surface area contributed by atoms with E-state index in [0.29, 0.717) is 56.6 Å². The number of likely N-dealkylation sites (N-methyl/N-ethyl adjacent to an activating group) is 1. The number of nitrogens with zero attached hydrogens (tertiary/aromatic N) is 3. The van der Waals surface area contributed by atoms with E-state index in [0.717, 1.165) is 16.0 Å². The smallest absolute Gasteiger partial charge is 0.416 e.